The third-order valence-corrected chi connectivity index (χ3v) is 23.9. The SMILES string of the molecule is C.C.CC.CC1(C)OB(B2OC(C)(C)C(C)(C)O2)OC1(C)C.CNC(=O)Cn1cnc2c(oc3nc(C)c4c(c32)CCCC4)c1=O.CNC(=O)Cn1cnc2c(oc3nc(CBr)c4c(c32)CCCC4)c1=O.CNC(=O)Cn1cnc2c(oc3nc(CO)c4c(c32)CCCC4)c1=O.Cc1nc2oc3c(=O)n(CC(N)=O)cnc3c2c2c1CCCC2.[2HH].[B]. The van der Waals surface area contributed by atoms with Crippen LogP contribution in [0, 0.1) is 13.8 Å². The predicted molar refractivity (Wildman–Crippen MR) is 465 cm³/mol. The number of primary amides is 1. The number of halogens is 1. The molecule has 639 valence electrons. The molecule has 0 atom stereocenters. The summed E-state index contributed by atoms with van der Waals surface area (Å²) in [6.45, 7) is 23.5. The summed E-state index contributed by atoms with van der Waals surface area (Å²) in [5.74, 6) is -1.43. The van der Waals surface area contributed by atoms with E-state index >= 15 is 0 Å². The summed E-state index contributed by atoms with van der Waals surface area (Å²) >= 11 is 3.50. The van der Waals surface area contributed by atoms with Crippen molar-refractivity contribution in [2.75, 3.05) is 21.1 Å². The van der Waals surface area contributed by atoms with Crippen molar-refractivity contribution in [1.29, 1.82) is 0 Å². The minimum absolute atomic E-state index is 0. The molecule has 18 rings (SSSR count). The van der Waals surface area contributed by atoms with E-state index in [0.29, 0.717) is 55.9 Å². The second kappa shape index (κ2) is 36.9. The van der Waals surface area contributed by atoms with Gasteiger partial charge in [0, 0.05) is 47.7 Å². The summed E-state index contributed by atoms with van der Waals surface area (Å²) in [6, 6.07) is 0. The number of nitrogens with one attached hydrogen (secondary N) is 3. The predicted octanol–water partition coefficient (Wildman–Crippen LogP) is 9.81. The van der Waals surface area contributed by atoms with Crippen molar-refractivity contribution < 1.29 is 62.0 Å². The fourth-order valence-electron chi connectivity index (χ4n) is 15.9. The molecule has 0 unspecified atom stereocenters. The smallest absolute Gasteiger partial charge is 0.430 e. The lowest BCUT2D eigenvalue weighted by Crippen LogP contribution is -2.41. The number of fused-ring (bicyclic) bond motifs is 20. The molecule has 33 nitrogen and oxygen atoms in total. The summed E-state index contributed by atoms with van der Waals surface area (Å²) < 4.78 is 51.7. The van der Waals surface area contributed by atoms with Crippen LogP contribution in [0.25, 0.3) is 88.8 Å². The van der Waals surface area contributed by atoms with E-state index in [4.69, 9.17) is 42.0 Å². The topological polar surface area (TPSA) is 431 Å². The Hall–Kier alpha value is -10.3. The van der Waals surface area contributed by atoms with Crippen LogP contribution in [0.3, 0.4) is 0 Å². The molecule has 2 saturated heterocycles. The van der Waals surface area contributed by atoms with Gasteiger partial charge in [0.2, 0.25) is 68.8 Å². The standard InChI is InChI=1S/C17H17BrN4O3.C17H18N4O4.C17H18N4O3.C16H16N4O3.C12H24B2O4.C2H6.2CH4.B.H2/c1-19-12(23)7-22-8-20-14-13-10-5-3-2-4-9(10)11(6-18)21-16(13)25-15(14)17(22)24;1-18-12(23)6-21-8-19-14-13-10-5-3-2-4-9(10)11(7-22)20-16(13)25-15(14)17(21)24;1-9-10-5-3-4-6-11(10)13-14-15(24-16(13)20-9)17(23)21(8-19-14)7-12(22)18-2;1-8-9-4-2-3-5-10(9)12-13-14(23-15(12)19-8)16(22)20(7-18-13)6-11(17)21;1-9(2)10(3,4)16-13(15-9)14-17-11(5,6)12(7,8)18-14;1-2;;;;/h8H,2-7H2,1H3,(H,19,23);8,22H,2-7H2,1H3,(H,18,23);8H,3-7H2,1-2H3,(H,18,22);7H,2-6H2,1H3,(H2,17,21);1-8H3;1-2H3;2*1H4;;1H/i;;;;;;;;;1+1. The molecule has 14 heterocycles. The second-order valence-corrected chi connectivity index (χ2v) is 32.3. The van der Waals surface area contributed by atoms with Crippen LogP contribution < -0.4 is 43.9 Å². The molecule has 0 saturated carbocycles. The maximum absolute atomic E-state index is 12.7. The fraction of sp³-hybridized carbons (Fsp3) is 0.518. The zero-order valence-corrected chi connectivity index (χ0v) is 71.0. The zero-order valence-electron chi connectivity index (χ0n) is 69.4. The van der Waals surface area contributed by atoms with Gasteiger partial charge < -0.3 is 63.1 Å². The molecule has 6 aliphatic rings. The van der Waals surface area contributed by atoms with E-state index in [1.165, 1.54) is 93.5 Å². The van der Waals surface area contributed by atoms with Gasteiger partial charge in [0.25, 0.3) is 22.2 Å². The largest absolute Gasteiger partial charge is 0.488 e. The highest BCUT2D eigenvalue weighted by atomic mass is 79.9. The Morgan fingerprint density at radius 1 is 0.433 bits per heavy atom. The number of nitrogens with two attached hydrogens (primary N) is 1. The van der Waals surface area contributed by atoms with Crippen molar-refractivity contribution in [3.05, 3.63) is 134 Å². The van der Waals surface area contributed by atoms with Gasteiger partial charge in [-0.3, -0.25) is 56.6 Å². The first kappa shape index (κ1) is 92.0. The van der Waals surface area contributed by atoms with Crippen molar-refractivity contribution in [3.63, 3.8) is 0 Å². The van der Waals surface area contributed by atoms with E-state index in [1.807, 2.05) is 83.1 Å². The Balaban J connectivity index is 0.000000170. The van der Waals surface area contributed by atoms with E-state index in [9.17, 15) is 43.5 Å². The molecule has 0 aromatic carbocycles. The van der Waals surface area contributed by atoms with Crippen LogP contribution in [0.1, 0.15) is 204 Å². The summed E-state index contributed by atoms with van der Waals surface area (Å²) in [6.07, 6.45) is 21.9. The molecule has 37 heteroatoms. The van der Waals surface area contributed by atoms with E-state index in [0.717, 1.165) is 157 Å². The van der Waals surface area contributed by atoms with Gasteiger partial charge in [0.05, 0.1) is 87.3 Å². The number of aliphatic hydroxyl groups is 1. The molecule has 12 aromatic rings. The summed E-state index contributed by atoms with van der Waals surface area (Å²) in [5.41, 5.74) is 19.4. The molecule has 12 aromatic heterocycles. The first-order valence-electron chi connectivity index (χ1n) is 39.8. The number of aromatic nitrogens is 12. The summed E-state index contributed by atoms with van der Waals surface area (Å²) in [4.78, 5) is 132. The van der Waals surface area contributed by atoms with Gasteiger partial charge in [-0.2, -0.15) is 0 Å². The minimum Gasteiger partial charge on any atom is -0.430 e. The first-order chi connectivity index (χ1) is 55.8. The molecule has 4 aliphatic carbocycles. The van der Waals surface area contributed by atoms with Crippen LogP contribution >= 0.6 is 15.9 Å². The van der Waals surface area contributed by atoms with E-state index in [1.54, 1.807) is 0 Å². The van der Waals surface area contributed by atoms with Gasteiger partial charge in [-0.15, -0.1) is 0 Å². The van der Waals surface area contributed by atoms with Gasteiger partial charge in [-0.25, -0.2) is 39.9 Å². The van der Waals surface area contributed by atoms with Crippen LogP contribution in [0.15, 0.2) is 62.2 Å². The maximum Gasteiger partial charge on any atom is 0.488 e. The number of amides is 4. The number of carbonyl (C=O) groups is 4. The molecular weight excluding hydrogens is 1610 g/mol. The number of hydrogen-bond donors (Lipinski definition) is 5. The maximum atomic E-state index is 12.7. The monoisotopic (exact) mass is 1710 g/mol. The van der Waals surface area contributed by atoms with E-state index < -0.39 is 31.0 Å². The Bertz CT molecular complexity index is 5970. The fourth-order valence-corrected chi connectivity index (χ4v) is 16.4. The number of rotatable bonds is 11. The second-order valence-electron chi connectivity index (χ2n) is 31.7. The van der Waals surface area contributed by atoms with Gasteiger partial charge in [-0.05, 0) is 216 Å². The summed E-state index contributed by atoms with van der Waals surface area (Å²) in [5, 5.41) is 21.0. The Morgan fingerprint density at radius 2 is 0.675 bits per heavy atom. The third kappa shape index (κ3) is 17.4. The lowest BCUT2D eigenvalue weighted by atomic mass is 9.49. The number of nitrogens with zero attached hydrogens (tertiary/aromatic N) is 12. The number of alkyl halides is 1. The normalized spacial score (nSPS) is 16.2. The van der Waals surface area contributed by atoms with Crippen molar-refractivity contribution in [3.8, 4) is 0 Å². The van der Waals surface area contributed by atoms with Crippen LogP contribution in [0.2, 0.25) is 0 Å². The minimum atomic E-state index is -0.601. The zero-order chi connectivity index (χ0) is 84.1. The quantitative estimate of drug-likeness (QED) is 0.0593. The van der Waals surface area contributed by atoms with Crippen molar-refractivity contribution in [2.45, 2.75) is 261 Å². The highest BCUT2D eigenvalue weighted by Gasteiger charge is 2.64. The van der Waals surface area contributed by atoms with Crippen LogP contribution in [0.5, 0.6) is 0 Å². The van der Waals surface area contributed by atoms with Gasteiger partial charge in [-0.1, -0.05) is 44.6 Å². The number of furan rings is 4. The van der Waals surface area contributed by atoms with E-state index in [-0.39, 0.29) is 131 Å². The molecule has 2 aliphatic heterocycles. The molecular formula is C83H109B3BrN16O17. The number of aryl methyl sites for hydroxylation is 6. The van der Waals surface area contributed by atoms with Crippen molar-refractivity contribution in [2.24, 2.45) is 5.73 Å². The van der Waals surface area contributed by atoms with Gasteiger partial charge in [0.15, 0.2) is 0 Å². The molecule has 4 amide bonds. The average molecular weight is 1720 g/mol. The lowest BCUT2D eigenvalue weighted by Gasteiger charge is -2.32. The highest BCUT2D eigenvalue weighted by molar-refractivity contribution is 9.08. The van der Waals surface area contributed by atoms with Gasteiger partial charge in [0.1, 0.15) is 48.2 Å². The molecule has 2 fully saturated rings. The van der Waals surface area contributed by atoms with Crippen molar-refractivity contribution >= 4 is 151 Å². The molecule has 3 radical (unpaired) electrons. The lowest BCUT2D eigenvalue weighted by molar-refractivity contribution is -0.122. The number of pyridine rings is 4. The average Bonchev–Trinajstić information content (AvgIpc) is 1.62. The number of likely N-dealkylation sites (N-methyl/N-ethyl adjacent to an activating group) is 3. The number of hydrogen-bond acceptors (Lipinski definition) is 25. The number of aliphatic hydroxyl groups excluding tert-OH is 1. The summed E-state index contributed by atoms with van der Waals surface area (Å²) in [7, 11) is 3.61. The highest BCUT2D eigenvalue weighted by Crippen LogP contribution is 2.44. The molecule has 120 heavy (non-hydrogen) atoms. The Morgan fingerprint density at radius 3 is 0.942 bits per heavy atom. The van der Waals surface area contributed by atoms with Crippen molar-refractivity contribution in [1.82, 2.24) is 74.1 Å². The van der Waals surface area contributed by atoms with Crippen LogP contribution in [0.4, 0.5) is 0 Å². The van der Waals surface area contributed by atoms with Crippen LogP contribution in [-0.2, 0) is 127 Å². The van der Waals surface area contributed by atoms with Gasteiger partial charge >= 0.3 is 14.0 Å². The van der Waals surface area contributed by atoms with E-state index in [2.05, 4.69) is 71.8 Å². The molecule has 0 spiro atoms. The first-order valence-corrected chi connectivity index (χ1v) is 41.0. The number of carbonyl (C=O) groups excluding carboxylic acids is 4. The Labute approximate surface area is 705 Å². The Kier molecular flexibility index (Phi) is 28.3. The molecule has 6 N–H and O–H groups in total. The molecule has 0 bridgehead atoms. The third-order valence-electron chi connectivity index (χ3n) is 23.4. The van der Waals surface area contributed by atoms with Crippen LogP contribution in [-0.4, -0.2) is 153 Å².